The average Bonchev–Trinajstić information content (AvgIpc) is 3.53. The Morgan fingerprint density at radius 1 is 0.472 bits per heavy atom. The summed E-state index contributed by atoms with van der Waals surface area (Å²) in [5.41, 5.74) is 1.13. The third-order valence-electron chi connectivity index (χ3n) is 9.35. The highest BCUT2D eigenvalue weighted by Gasteiger charge is 2.50. The molecule has 262 valence electrons. The second kappa shape index (κ2) is 15.3. The second-order valence-electron chi connectivity index (χ2n) is 12.9. The highest BCUT2D eigenvalue weighted by Crippen LogP contribution is 2.41. The van der Waals surface area contributed by atoms with Crippen LogP contribution in [0.25, 0.3) is 32.3 Å². The Labute approximate surface area is 310 Å². The number of hydrogen-bond acceptors (Lipinski definition) is 8. The lowest BCUT2D eigenvalue weighted by atomic mass is 10.1. The van der Waals surface area contributed by atoms with Crippen molar-refractivity contribution < 1.29 is 33.3 Å². The first kappa shape index (κ1) is 34.1. The number of carbonyl (C=O) groups excluding carboxylic acids is 3. The molecule has 0 amide bonds. The molecule has 7 aromatic rings. The first-order valence-corrected chi connectivity index (χ1v) is 18.3. The van der Waals surface area contributed by atoms with Gasteiger partial charge >= 0.3 is 17.9 Å². The minimum Gasteiger partial charge on any atom is -0.461 e. The second-order valence-corrected chi connectivity index (χ2v) is 14.2. The van der Waals surface area contributed by atoms with Crippen LogP contribution in [0, 0.1) is 0 Å². The molecule has 0 spiro atoms. The maximum absolute atomic E-state index is 13.9. The maximum Gasteiger partial charge on any atom is 0.339 e. The quantitative estimate of drug-likeness (QED) is 0.102. The number of fused-ring (bicyclic) bond motifs is 3. The number of thioether (sulfide) groups is 1. The van der Waals surface area contributed by atoms with E-state index in [1.165, 1.54) is 11.8 Å². The number of carbonyl (C=O) groups is 3. The molecule has 4 atom stereocenters. The van der Waals surface area contributed by atoms with E-state index in [4.69, 9.17) is 18.9 Å². The molecule has 7 aromatic carbocycles. The van der Waals surface area contributed by atoms with Crippen LogP contribution in [0.15, 0.2) is 158 Å². The summed E-state index contributed by atoms with van der Waals surface area (Å²) in [6, 6.07) is 49.0. The van der Waals surface area contributed by atoms with Gasteiger partial charge in [-0.2, -0.15) is 0 Å². The zero-order valence-corrected chi connectivity index (χ0v) is 29.3. The minimum atomic E-state index is -0.943. The first-order chi connectivity index (χ1) is 26.0. The molecule has 1 heterocycles. The van der Waals surface area contributed by atoms with Crippen LogP contribution in [0.1, 0.15) is 36.6 Å². The van der Waals surface area contributed by atoms with Gasteiger partial charge in [0.2, 0.25) is 0 Å². The molecular formula is C45H34O7S. The van der Waals surface area contributed by atoms with Gasteiger partial charge in [0.15, 0.2) is 5.44 Å². The van der Waals surface area contributed by atoms with Crippen LogP contribution < -0.4 is 0 Å². The van der Waals surface area contributed by atoms with E-state index in [1.54, 1.807) is 36.4 Å². The predicted octanol–water partition coefficient (Wildman–Crippen LogP) is 9.41. The Morgan fingerprint density at radius 2 is 0.925 bits per heavy atom. The van der Waals surface area contributed by atoms with E-state index in [2.05, 4.69) is 0 Å². The number of benzene rings is 7. The van der Waals surface area contributed by atoms with E-state index in [1.807, 2.05) is 121 Å². The number of esters is 3. The van der Waals surface area contributed by atoms with Crippen molar-refractivity contribution in [3.63, 3.8) is 0 Å². The largest absolute Gasteiger partial charge is 0.461 e. The van der Waals surface area contributed by atoms with Gasteiger partial charge in [-0.1, -0.05) is 121 Å². The van der Waals surface area contributed by atoms with Crippen molar-refractivity contribution in [1.82, 2.24) is 0 Å². The summed E-state index contributed by atoms with van der Waals surface area (Å²) >= 11 is 1.25. The van der Waals surface area contributed by atoms with Gasteiger partial charge < -0.3 is 18.9 Å². The number of rotatable bonds is 10. The first-order valence-electron chi connectivity index (χ1n) is 17.3. The third-order valence-corrected chi connectivity index (χ3v) is 10.7. The fraction of sp³-hybridized carbons (Fsp3) is 0.133. The maximum atomic E-state index is 13.9. The van der Waals surface area contributed by atoms with Gasteiger partial charge in [-0.3, -0.25) is 0 Å². The molecule has 0 N–H and O–H groups in total. The summed E-state index contributed by atoms with van der Waals surface area (Å²) in [7, 11) is 0. The van der Waals surface area contributed by atoms with Crippen molar-refractivity contribution in [2.75, 3.05) is 6.61 Å². The molecule has 1 aliphatic heterocycles. The molecule has 0 aliphatic carbocycles. The summed E-state index contributed by atoms with van der Waals surface area (Å²) in [6.45, 7) is 0.0466. The van der Waals surface area contributed by atoms with E-state index in [0.29, 0.717) is 16.7 Å². The summed E-state index contributed by atoms with van der Waals surface area (Å²) < 4.78 is 24.8. The molecule has 0 aromatic heterocycles. The predicted molar refractivity (Wildman–Crippen MR) is 207 cm³/mol. The van der Waals surface area contributed by atoms with Crippen LogP contribution in [0.3, 0.4) is 0 Å². The molecule has 0 radical (unpaired) electrons. The van der Waals surface area contributed by atoms with Crippen molar-refractivity contribution in [3.05, 3.63) is 180 Å². The highest BCUT2D eigenvalue weighted by atomic mass is 32.2. The lowest BCUT2D eigenvalue weighted by Gasteiger charge is -2.26. The monoisotopic (exact) mass is 718 g/mol. The normalized spacial score (nSPS) is 18.2. The van der Waals surface area contributed by atoms with Crippen LogP contribution in [0.5, 0.6) is 0 Å². The Kier molecular flexibility index (Phi) is 9.88. The van der Waals surface area contributed by atoms with Gasteiger partial charge in [-0.25, -0.2) is 14.4 Å². The lowest BCUT2D eigenvalue weighted by molar-refractivity contribution is -0.0860. The van der Waals surface area contributed by atoms with E-state index < -0.39 is 40.8 Å². The smallest absolute Gasteiger partial charge is 0.339 e. The highest BCUT2D eigenvalue weighted by molar-refractivity contribution is 8.00. The SMILES string of the molecule is O=C(OC[C@H]1SC(OC(=O)c2ccc3ccccc3c2)[C@H](OCc2ccccc2)[C@H]1OC(=O)c1ccc2ccccc2c1)c1ccc2ccccc2c1. The molecule has 1 aliphatic rings. The van der Waals surface area contributed by atoms with Gasteiger partial charge in [-0.15, -0.1) is 11.8 Å². The summed E-state index contributed by atoms with van der Waals surface area (Å²) in [6.07, 6.45) is -1.83. The molecule has 1 unspecified atom stereocenters. The molecule has 53 heavy (non-hydrogen) atoms. The zero-order valence-electron chi connectivity index (χ0n) is 28.5. The topological polar surface area (TPSA) is 88.1 Å². The Balaban J connectivity index is 1.09. The van der Waals surface area contributed by atoms with E-state index in [-0.39, 0.29) is 13.2 Å². The van der Waals surface area contributed by atoms with Gasteiger partial charge in [0.05, 0.1) is 28.5 Å². The average molecular weight is 719 g/mol. The van der Waals surface area contributed by atoms with Crippen LogP contribution in [0.2, 0.25) is 0 Å². The fourth-order valence-electron chi connectivity index (χ4n) is 6.56. The van der Waals surface area contributed by atoms with Crippen molar-refractivity contribution in [1.29, 1.82) is 0 Å². The van der Waals surface area contributed by atoms with Gasteiger partial charge in [0, 0.05) is 0 Å². The standard InChI is InChI=1S/C45H34O7S/c46-42(36-21-18-30-12-4-7-15-33(30)24-36)50-28-39-40(51-43(47)37-22-19-31-13-5-8-16-34(31)25-37)41(49-27-29-10-2-1-3-11-29)45(53-39)52-44(48)38-23-20-32-14-6-9-17-35(32)26-38/h1-26,39-41,45H,27-28H2/t39-,40+,41-,45?/m1/s1. The lowest BCUT2D eigenvalue weighted by Crippen LogP contribution is -2.41. The molecule has 8 rings (SSSR count). The number of hydrogen-bond donors (Lipinski definition) is 0. The van der Waals surface area contributed by atoms with E-state index in [9.17, 15) is 14.4 Å². The summed E-state index contributed by atoms with van der Waals surface area (Å²) in [5, 5.41) is 5.07. The van der Waals surface area contributed by atoms with Gasteiger partial charge in [-0.05, 0) is 74.3 Å². The Morgan fingerprint density at radius 3 is 1.45 bits per heavy atom. The van der Waals surface area contributed by atoms with E-state index >= 15 is 0 Å². The molecule has 8 heteroatoms. The summed E-state index contributed by atoms with van der Waals surface area (Å²) in [4.78, 5) is 41.0. The molecule has 7 nitrogen and oxygen atoms in total. The van der Waals surface area contributed by atoms with Crippen LogP contribution in [-0.4, -0.2) is 47.4 Å². The van der Waals surface area contributed by atoms with Gasteiger partial charge in [0.1, 0.15) is 18.8 Å². The van der Waals surface area contributed by atoms with Gasteiger partial charge in [0.25, 0.3) is 0 Å². The Hall–Kier alpha value is -5.96. The minimum absolute atomic E-state index is 0.124. The van der Waals surface area contributed by atoms with Crippen molar-refractivity contribution in [2.24, 2.45) is 0 Å². The van der Waals surface area contributed by atoms with Crippen molar-refractivity contribution in [3.8, 4) is 0 Å². The van der Waals surface area contributed by atoms with Crippen LogP contribution >= 0.6 is 11.8 Å². The third kappa shape index (κ3) is 7.65. The van der Waals surface area contributed by atoms with Crippen molar-refractivity contribution >= 4 is 62.0 Å². The molecular weight excluding hydrogens is 685 g/mol. The molecule has 0 bridgehead atoms. The van der Waals surface area contributed by atoms with E-state index in [0.717, 1.165) is 37.9 Å². The van der Waals surface area contributed by atoms with Crippen molar-refractivity contribution in [2.45, 2.75) is 29.5 Å². The zero-order chi connectivity index (χ0) is 36.1. The summed E-state index contributed by atoms with van der Waals surface area (Å²) in [5.74, 6) is -1.63. The van der Waals surface area contributed by atoms with Crippen LogP contribution in [-0.2, 0) is 25.6 Å². The molecule has 1 fully saturated rings. The number of ether oxygens (including phenoxy) is 4. The fourth-order valence-corrected chi connectivity index (χ4v) is 7.95. The molecule has 1 saturated heterocycles. The molecule has 0 saturated carbocycles. The van der Waals surface area contributed by atoms with Crippen LogP contribution in [0.4, 0.5) is 0 Å². The Bertz CT molecular complexity index is 2450.